The second kappa shape index (κ2) is 6.77. The molecule has 0 fully saturated rings. The lowest BCUT2D eigenvalue weighted by molar-refractivity contribution is 0.0997. The molecule has 7 heteroatoms. The van der Waals surface area contributed by atoms with Crippen molar-refractivity contribution in [3.63, 3.8) is 0 Å². The van der Waals surface area contributed by atoms with Crippen LogP contribution in [0.25, 0.3) is 21.5 Å². The van der Waals surface area contributed by atoms with Crippen LogP contribution in [-0.4, -0.2) is 15.9 Å². The van der Waals surface area contributed by atoms with Crippen molar-refractivity contribution in [1.29, 1.82) is 0 Å². The largest absolute Gasteiger partial charge is 0.451 e. The number of rotatable bonds is 3. The monoisotopic (exact) mass is 377 g/mol. The summed E-state index contributed by atoms with van der Waals surface area (Å²) >= 11 is 1.32. The fourth-order valence-corrected chi connectivity index (χ4v) is 3.66. The Morgan fingerprint density at radius 2 is 2.00 bits per heavy atom. The third kappa shape index (κ3) is 3.37. The molecule has 0 aliphatic heterocycles. The second-order valence-electron chi connectivity index (χ2n) is 6.08. The van der Waals surface area contributed by atoms with E-state index in [0.717, 1.165) is 21.8 Å². The molecule has 0 saturated heterocycles. The zero-order chi connectivity index (χ0) is 19.0. The van der Waals surface area contributed by atoms with Crippen LogP contribution in [0.2, 0.25) is 0 Å². The van der Waals surface area contributed by atoms with Gasteiger partial charge in [-0.05, 0) is 38.1 Å². The number of carbonyl (C=O) groups is 1. The third-order valence-electron chi connectivity index (χ3n) is 4.02. The number of pyridine rings is 1. The number of nitrogens with zero attached hydrogens (tertiary/aromatic N) is 2. The molecule has 0 unspecified atom stereocenters. The maximum absolute atomic E-state index is 12.5. The molecule has 0 aliphatic carbocycles. The van der Waals surface area contributed by atoms with Crippen molar-refractivity contribution in [2.75, 3.05) is 5.32 Å². The van der Waals surface area contributed by atoms with Gasteiger partial charge in [0.15, 0.2) is 16.3 Å². The van der Waals surface area contributed by atoms with Crippen LogP contribution < -0.4 is 10.7 Å². The van der Waals surface area contributed by atoms with Gasteiger partial charge in [0.2, 0.25) is 0 Å². The number of anilines is 1. The molecule has 1 N–H and O–H groups in total. The number of hydrogen-bond acceptors (Lipinski definition) is 6. The summed E-state index contributed by atoms with van der Waals surface area (Å²) in [7, 11) is 0. The molecule has 134 valence electrons. The van der Waals surface area contributed by atoms with E-state index in [4.69, 9.17) is 4.42 Å². The van der Waals surface area contributed by atoms with Crippen LogP contribution in [0.15, 0.2) is 57.9 Å². The number of amides is 1. The molecule has 0 radical (unpaired) electrons. The van der Waals surface area contributed by atoms with Crippen LogP contribution >= 0.6 is 11.3 Å². The van der Waals surface area contributed by atoms with Crippen LogP contribution in [0, 0.1) is 13.8 Å². The Bertz CT molecular complexity index is 1210. The highest BCUT2D eigenvalue weighted by atomic mass is 32.1. The van der Waals surface area contributed by atoms with Gasteiger partial charge in [0.25, 0.3) is 5.91 Å². The maximum atomic E-state index is 12.5. The van der Waals surface area contributed by atoms with Crippen molar-refractivity contribution in [3.8, 4) is 10.6 Å². The molecule has 1 amide bonds. The second-order valence-corrected chi connectivity index (χ2v) is 7.08. The quantitative estimate of drug-likeness (QED) is 0.579. The summed E-state index contributed by atoms with van der Waals surface area (Å²) < 4.78 is 5.61. The van der Waals surface area contributed by atoms with Crippen LogP contribution in [0.4, 0.5) is 5.13 Å². The van der Waals surface area contributed by atoms with Crippen molar-refractivity contribution < 1.29 is 9.21 Å². The Kier molecular flexibility index (Phi) is 4.29. The molecule has 6 nitrogen and oxygen atoms in total. The van der Waals surface area contributed by atoms with Gasteiger partial charge in [-0.25, -0.2) is 4.98 Å². The highest BCUT2D eigenvalue weighted by Gasteiger charge is 2.16. The summed E-state index contributed by atoms with van der Waals surface area (Å²) in [6, 6.07) is 12.1. The topological polar surface area (TPSA) is 85.1 Å². The molecule has 4 aromatic rings. The Morgan fingerprint density at radius 1 is 1.15 bits per heavy atom. The number of hydrogen-bond donors (Lipinski definition) is 1. The number of aryl methyl sites for hydroxylation is 2. The minimum Gasteiger partial charge on any atom is -0.451 e. The van der Waals surface area contributed by atoms with E-state index in [1.165, 1.54) is 17.4 Å². The summed E-state index contributed by atoms with van der Waals surface area (Å²) in [6.45, 7) is 3.75. The van der Waals surface area contributed by atoms with E-state index in [-0.39, 0.29) is 11.2 Å². The normalized spacial score (nSPS) is 10.9. The molecule has 0 saturated carbocycles. The van der Waals surface area contributed by atoms with Crippen molar-refractivity contribution in [2.24, 2.45) is 0 Å². The lowest BCUT2D eigenvalue weighted by atomic mass is 10.1. The van der Waals surface area contributed by atoms with E-state index in [1.54, 1.807) is 18.3 Å². The fraction of sp³-hybridized carbons (Fsp3) is 0.100. The highest BCUT2D eigenvalue weighted by Crippen LogP contribution is 2.31. The van der Waals surface area contributed by atoms with E-state index in [2.05, 4.69) is 15.3 Å². The van der Waals surface area contributed by atoms with Crippen molar-refractivity contribution in [1.82, 2.24) is 9.97 Å². The number of nitrogens with one attached hydrogen (secondary N) is 1. The predicted molar refractivity (Wildman–Crippen MR) is 105 cm³/mol. The molecule has 3 heterocycles. The Balaban J connectivity index is 1.64. The third-order valence-corrected chi connectivity index (χ3v) is 5.12. The van der Waals surface area contributed by atoms with Gasteiger partial charge < -0.3 is 4.42 Å². The summed E-state index contributed by atoms with van der Waals surface area (Å²) in [5, 5.41) is 3.57. The minimum absolute atomic E-state index is 0.0522. The first kappa shape index (κ1) is 17.1. The Labute approximate surface area is 158 Å². The molecule has 27 heavy (non-hydrogen) atoms. The van der Waals surface area contributed by atoms with E-state index >= 15 is 0 Å². The SMILES string of the molecule is Cc1ccc2oc(C(=O)Nc3nc(C)c(-c4ccccn4)s3)cc(=O)c2c1. The standard InChI is InChI=1S/C20H15N3O3S/c1-11-6-7-16-13(9-11)15(24)10-17(26-16)19(25)23-20-22-12(2)18(27-20)14-5-3-4-8-21-14/h3-10H,1-2H3,(H,22,23,25). The molecule has 3 aromatic heterocycles. The van der Waals surface area contributed by atoms with Gasteiger partial charge >= 0.3 is 0 Å². The zero-order valence-electron chi connectivity index (χ0n) is 14.6. The molecule has 4 rings (SSSR count). The Morgan fingerprint density at radius 3 is 2.78 bits per heavy atom. The van der Waals surface area contributed by atoms with E-state index in [0.29, 0.717) is 16.1 Å². The molecular formula is C20H15N3O3S. The van der Waals surface area contributed by atoms with Crippen LogP contribution in [-0.2, 0) is 0 Å². The summed E-state index contributed by atoms with van der Waals surface area (Å²) in [6.07, 6.45) is 1.71. The van der Waals surface area contributed by atoms with Gasteiger partial charge in [-0.2, -0.15) is 0 Å². The van der Waals surface area contributed by atoms with Crippen molar-refractivity contribution in [3.05, 3.63) is 75.9 Å². The predicted octanol–water partition coefficient (Wildman–Crippen LogP) is 4.18. The number of aromatic nitrogens is 2. The average Bonchev–Trinajstić information content (AvgIpc) is 3.03. The molecule has 0 aliphatic rings. The number of benzene rings is 1. The lowest BCUT2D eigenvalue weighted by Crippen LogP contribution is -2.14. The van der Waals surface area contributed by atoms with Gasteiger partial charge in [0.1, 0.15) is 5.58 Å². The van der Waals surface area contributed by atoms with Crippen LogP contribution in [0.5, 0.6) is 0 Å². The summed E-state index contributed by atoms with van der Waals surface area (Å²) in [4.78, 5) is 34.4. The van der Waals surface area contributed by atoms with Gasteiger partial charge in [-0.3, -0.25) is 19.9 Å². The lowest BCUT2D eigenvalue weighted by Gasteiger charge is -2.03. The van der Waals surface area contributed by atoms with Crippen LogP contribution in [0.1, 0.15) is 21.8 Å². The molecular weight excluding hydrogens is 362 g/mol. The van der Waals surface area contributed by atoms with Gasteiger partial charge in [-0.1, -0.05) is 29.0 Å². The molecule has 0 atom stereocenters. The van der Waals surface area contributed by atoms with E-state index in [9.17, 15) is 9.59 Å². The van der Waals surface area contributed by atoms with Crippen molar-refractivity contribution >= 4 is 33.3 Å². The van der Waals surface area contributed by atoms with E-state index in [1.807, 2.05) is 38.1 Å². The first-order valence-corrected chi connectivity index (χ1v) is 9.07. The first-order valence-electron chi connectivity index (χ1n) is 8.26. The Hall–Kier alpha value is -3.32. The highest BCUT2D eigenvalue weighted by molar-refractivity contribution is 7.19. The number of carbonyl (C=O) groups excluding carboxylic acids is 1. The fourth-order valence-electron chi connectivity index (χ4n) is 2.73. The zero-order valence-corrected chi connectivity index (χ0v) is 15.5. The summed E-state index contributed by atoms with van der Waals surface area (Å²) in [5.41, 5.74) is 2.63. The average molecular weight is 377 g/mol. The maximum Gasteiger partial charge on any atom is 0.293 e. The molecule has 0 bridgehead atoms. The van der Waals surface area contributed by atoms with Gasteiger partial charge in [0.05, 0.1) is 21.7 Å². The van der Waals surface area contributed by atoms with Gasteiger partial charge in [-0.15, -0.1) is 0 Å². The van der Waals surface area contributed by atoms with Crippen LogP contribution in [0.3, 0.4) is 0 Å². The summed E-state index contributed by atoms with van der Waals surface area (Å²) in [5.74, 6) is -0.570. The smallest absolute Gasteiger partial charge is 0.293 e. The molecule has 1 aromatic carbocycles. The van der Waals surface area contributed by atoms with Gasteiger partial charge in [0, 0.05) is 12.3 Å². The van der Waals surface area contributed by atoms with Crippen molar-refractivity contribution in [2.45, 2.75) is 13.8 Å². The van der Waals surface area contributed by atoms with E-state index < -0.39 is 5.91 Å². The minimum atomic E-state index is -0.518. The number of thiazole rings is 1. The number of fused-ring (bicyclic) bond motifs is 1. The molecule has 0 spiro atoms. The first-order chi connectivity index (χ1) is 13.0.